The van der Waals surface area contributed by atoms with E-state index in [1.54, 1.807) is 0 Å². The van der Waals surface area contributed by atoms with E-state index >= 15 is 0 Å². The fraction of sp³-hybridized carbons (Fsp3) is 0.250. The molecule has 1 aromatic carbocycles. The molecule has 0 bridgehead atoms. The normalized spacial score (nSPS) is 10.4. The molecule has 4 nitrogen and oxygen atoms in total. The summed E-state index contributed by atoms with van der Waals surface area (Å²) >= 11 is 0. The first-order valence-corrected chi connectivity index (χ1v) is 6.46. The summed E-state index contributed by atoms with van der Waals surface area (Å²) in [6, 6.07) is 7.88. The van der Waals surface area contributed by atoms with Crippen molar-refractivity contribution >= 4 is 5.84 Å². The lowest BCUT2D eigenvalue weighted by Gasteiger charge is -2.14. The highest BCUT2D eigenvalue weighted by atomic mass is 16.5. The Labute approximate surface area is 119 Å². The molecule has 0 unspecified atom stereocenters. The molecule has 2 rings (SSSR count). The van der Waals surface area contributed by atoms with Gasteiger partial charge in [-0.1, -0.05) is 12.1 Å². The zero-order valence-electron chi connectivity index (χ0n) is 12.2. The van der Waals surface area contributed by atoms with E-state index in [1.807, 2.05) is 52.0 Å². The first-order valence-electron chi connectivity index (χ1n) is 6.46. The minimum Gasteiger partial charge on any atom is -0.438 e. The van der Waals surface area contributed by atoms with Gasteiger partial charge in [-0.3, -0.25) is 5.41 Å². The summed E-state index contributed by atoms with van der Waals surface area (Å²) in [5.41, 5.74) is 10.1. The van der Waals surface area contributed by atoms with Gasteiger partial charge >= 0.3 is 0 Å². The third-order valence-electron chi connectivity index (χ3n) is 3.13. The van der Waals surface area contributed by atoms with Crippen molar-refractivity contribution in [3.63, 3.8) is 0 Å². The number of rotatable bonds is 3. The van der Waals surface area contributed by atoms with Gasteiger partial charge in [0.2, 0.25) is 5.88 Å². The highest BCUT2D eigenvalue weighted by Crippen LogP contribution is 2.29. The van der Waals surface area contributed by atoms with Crippen molar-refractivity contribution in [2.45, 2.75) is 27.7 Å². The summed E-state index contributed by atoms with van der Waals surface area (Å²) < 4.78 is 5.91. The van der Waals surface area contributed by atoms with E-state index < -0.39 is 0 Å². The fourth-order valence-corrected chi connectivity index (χ4v) is 2.13. The molecule has 0 atom stereocenters. The summed E-state index contributed by atoms with van der Waals surface area (Å²) in [4.78, 5) is 4.38. The SMILES string of the molecule is Cc1ccc(C)c(Oc2nc(C)cc(C)c2C(=N)N)c1. The molecular formula is C16H19N3O. The molecule has 0 saturated heterocycles. The lowest BCUT2D eigenvalue weighted by atomic mass is 10.1. The Balaban J connectivity index is 2.53. The van der Waals surface area contributed by atoms with Gasteiger partial charge in [0.25, 0.3) is 0 Å². The summed E-state index contributed by atoms with van der Waals surface area (Å²) in [7, 11) is 0. The Bertz CT molecular complexity index is 678. The van der Waals surface area contributed by atoms with Gasteiger partial charge in [0.05, 0.1) is 5.56 Å². The lowest BCUT2D eigenvalue weighted by molar-refractivity contribution is 0.456. The maximum Gasteiger partial charge on any atom is 0.230 e. The van der Waals surface area contributed by atoms with Gasteiger partial charge in [0, 0.05) is 5.69 Å². The van der Waals surface area contributed by atoms with Crippen LogP contribution >= 0.6 is 0 Å². The van der Waals surface area contributed by atoms with Crippen LogP contribution < -0.4 is 10.5 Å². The number of benzene rings is 1. The van der Waals surface area contributed by atoms with Crippen molar-refractivity contribution in [1.29, 1.82) is 5.41 Å². The summed E-state index contributed by atoms with van der Waals surface area (Å²) in [5, 5.41) is 7.71. The minimum absolute atomic E-state index is 0.0321. The maximum atomic E-state index is 7.71. The molecule has 0 spiro atoms. The fourth-order valence-electron chi connectivity index (χ4n) is 2.13. The van der Waals surface area contributed by atoms with E-state index in [1.165, 1.54) is 0 Å². The molecule has 2 aromatic rings. The molecule has 0 aliphatic heterocycles. The number of nitrogens with one attached hydrogen (secondary N) is 1. The van der Waals surface area contributed by atoms with Crippen LogP contribution in [0.15, 0.2) is 24.3 Å². The maximum absolute atomic E-state index is 7.71. The molecule has 20 heavy (non-hydrogen) atoms. The molecule has 3 N–H and O–H groups in total. The number of aromatic nitrogens is 1. The Hall–Kier alpha value is -2.36. The van der Waals surface area contributed by atoms with Gasteiger partial charge in [-0.15, -0.1) is 0 Å². The standard InChI is InChI=1S/C16H19N3O/c1-9-5-6-10(2)13(7-9)20-16-14(15(17)18)11(3)8-12(4)19-16/h5-8H,1-4H3,(H3,17,18). The number of nitrogen functional groups attached to an aromatic ring is 1. The first kappa shape index (κ1) is 14.1. The van der Waals surface area contributed by atoms with E-state index in [4.69, 9.17) is 15.9 Å². The van der Waals surface area contributed by atoms with Crippen LogP contribution in [0.2, 0.25) is 0 Å². The van der Waals surface area contributed by atoms with Gasteiger partial charge in [0.1, 0.15) is 11.6 Å². The topological polar surface area (TPSA) is 72.0 Å². The zero-order valence-corrected chi connectivity index (χ0v) is 12.2. The van der Waals surface area contributed by atoms with E-state index in [2.05, 4.69) is 4.98 Å². The molecular weight excluding hydrogens is 250 g/mol. The number of pyridine rings is 1. The molecule has 4 heteroatoms. The van der Waals surface area contributed by atoms with Gasteiger partial charge in [-0.05, 0) is 56.5 Å². The number of nitrogens with zero attached hydrogens (tertiary/aromatic N) is 1. The molecule has 0 fully saturated rings. The van der Waals surface area contributed by atoms with Crippen LogP contribution in [0.4, 0.5) is 0 Å². The van der Waals surface area contributed by atoms with Crippen molar-refractivity contribution in [3.05, 3.63) is 52.2 Å². The van der Waals surface area contributed by atoms with Crippen LogP contribution in [0.25, 0.3) is 0 Å². The Morgan fingerprint density at radius 3 is 2.45 bits per heavy atom. The lowest BCUT2D eigenvalue weighted by Crippen LogP contribution is -2.15. The molecule has 0 amide bonds. The molecule has 0 saturated carbocycles. The average Bonchev–Trinajstić information content (AvgIpc) is 2.32. The molecule has 1 aromatic heterocycles. The Morgan fingerprint density at radius 2 is 1.80 bits per heavy atom. The highest BCUT2D eigenvalue weighted by molar-refractivity contribution is 5.98. The number of ether oxygens (including phenoxy) is 1. The summed E-state index contributed by atoms with van der Waals surface area (Å²) in [6.45, 7) is 7.78. The molecule has 0 aliphatic carbocycles. The molecule has 0 radical (unpaired) electrons. The second-order valence-corrected chi connectivity index (χ2v) is 5.05. The number of amidine groups is 1. The van der Waals surface area contributed by atoms with Crippen LogP contribution in [0, 0.1) is 33.1 Å². The second kappa shape index (κ2) is 5.33. The summed E-state index contributed by atoms with van der Waals surface area (Å²) in [6.07, 6.45) is 0. The molecule has 0 aliphatic rings. The van der Waals surface area contributed by atoms with Crippen molar-refractivity contribution in [1.82, 2.24) is 4.98 Å². The van der Waals surface area contributed by atoms with E-state index in [0.29, 0.717) is 11.4 Å². The van der Waals surface area contributed by atoms with Gasteiger partial charge < -0.3 is 10.5 Å². The third kappa shape index (κ3) is 2.79. The predicted octanol–water partition coefficient (Wildman–Crippen LogP) is 3.39. The van der Waals surface area contributed by atoms with Crippen LogP contribution in [-0.4, -0.2) is 10.8 Å². The van der Waals surface area contributed by atoms with Crippen LogP contribution in [0.5, 0.6) is 11.6 Å². The van der Waals surface area contributed by atoms with Crippen LogP contribution in [0.3, 0.4) is 0 Å². The van der Waals surface area contributed by atoms with E-state index in [0.717, 1.165) is 28.1 Å². The zero-order chi connectivity index (χ0) is 14.9. The third-order valence-corrected chi connectivity index (χ3v) is 3.13. The second-order valence-electron chi connectivity index (χ2n) is 5.05. The van der Waals surface area contributed by atoms with Crippen molar-refractivity contribution in [3.8, 4) is 11.6 Å². The van der Waals surface area contributed by atoms with Crippen LogP contribution in [-0.2, 0) is 0 Å². The number of nitrogens with two attached hydrogens (primary N) is 1. The quantitative estimate of drug-likeness (QED) is 0.662. The van der Waals surface area contributed by atoms with E-state index in [9.17, 15) is 0 Å². The Morgan fingerprint density at radius 1 is 1.10 bits per heavy atom. The van der Waals surface area contributed by atoms with Crippen molar-refractivity contribution in [2.24, 2.45) is 5.73 Å². The average molecular weight is 269 g/mol. The van der Waals surface area contributed by atoms with E-state index in [-0.39, 0.29) is 5.84 Å². The molecule has 104 valence electrons. The van der Waals surface area contributed by atoms with Gasteiger partial charge in [-0.2, -0.15) is 0 Å². The number of hydrogen-bond acceptors (Lipinski definition) is 3. The Kier molecular flexibility index (Phi) is 3.74. The van der Waals surface area contributed by atoms with Crippen LogP contribution in [0.1, 0.15) is 27.9 Å². The number of aryl methyl sites for hydroxylation is 4. The largest absolute Gasteiger partial charge is 0.438 e. The summed E-state index contributed by atoms with van der Waals surface area (Å²) in [5.74, 6) is 1.10. The first-order chi connectivity index (χ1) is 9.38. The smallest absolute Gasteiger partial charge is 0.230 e. The minimum atomic E-state index is -0.0321. The highest BCUT2D eigenvalue weighted by Gasteiger charge is 2.14. The number of hydrogen-bond donors (Lipinski definition) is 2. The predicted molar refractivity (Wildman–Crippen MR) is 80.7 cm³/mol. The van der Waals surface area contributed by atoms with Gasteiger partial charge in [-0.25, -0.2) is 4.98 Å². The van der Waals surface area contributed by atoms with Gasteiger partial charge in [0.15, 0.2) is 0 Å². The van der Waals surface area contributed by atoms with Crippen molar-refractivity contribution in [2.75, 3.05) is 0 Å². The van der Waals surface area contributed by atoms with Crippen molar-refractivity contribution < 1.29 is 4.74 Å². The monoisotopic (exact) mass is 269 g/mol. The molecule has 1 heterocycles.